The van der Waals surface area contributed by atoms with Gasteiger partial charge in [0, 0.05) is 36.7 Å². The van der Waals surface area contributed by atoms with Crippen molar-refractivity contribution in [3.8, 4) is 5.75 Å². The second kappa shape index (κ2) is 11.1. The number of aliphatic hydroxyl groups is 2. The SMILES string of the molecule is C=Cc1ccccc1C=C.CC1(O)CCN(CC(O)COc2cccc3[nH]ccc23)CC1. The Morgan fingerprint density at radius 3 is 2.34 bits per heavy atom. The van der Waals surface area contributed by atoms with E-state index in [1.807, 2.05) is 73.8 Å². The first-order valence-electron chi connectivity index (χ1n) is 11.1. The summed E-state index contributed by atoms with van der Waals surface area (Å²) in [4.78, 5) is 5.33. The number of nitrogens with zero attached hydrogens (tertiary/aromatic N) is 1. The van der Waals surface area contributed by atoms with Crippen LogP contribution in [-0.4, -0.2) is 58.0 Å². The van der Waals surface area contributed by atoms with Gasteiger partial charge in [-0.15, -0.1) is 0 Å². The summed E-state index contributed by atoms with van der Waals surface area (Å²) in [5.74, 6) is 0.791. The average molecular weight is 435 g/mol. The minimum atomic E-state index is -0.554. The van der Waals surface area contributed by atoms with Crippen molar-refractivity contribution in [2.45, 2.75) is 31.5 Å². The molecule has 1 saturated heterocycles. The molecular weight excluding hydrogens is 400 g/mol. The van der Waals surface area contributed by atoms with E-state index in [1.54, 1.807) is 0 Å². The van der Waals surface area contributed by atoms with Gasteiger partial charge in [-0.2, -0.15) is 0 Å². The maximum Gasteiger partial charge on any atom is 0.128 e. The number of aromatic amines is 1. The summed E-state index contributed by atoms with van der Waals surface area (Å²) in [7, 11) is 0. The normalized spacial score (nSPS) is 16.6. The summed E-state index contributed by atoms with van der Waals surface area (Å²) >= 11 is 0. The van der Waals surface area contributed by atoms with Gasteiger partial charge < -0.3 is 24.8 Å². The van der Waals surface area contributed by atoms with Crippen LogP contribution < -0.4 is 4.74 Å². The van der Waals surface area contributed by atoms with E-state index >= 15 is 0 Å². The lowest BCUT2D eigenvalue weighted by atomic mass is 9.94. The van der Waals surface area contributed by atoms with E-state index in [0.717, 1.165) is 53.7 Å². The van der Waals surface area contributed by atoms with Gasteiger partial charge in [0.1, 0.15) is 18.5 Å². The van der Waals surface area contributed by atoms with E-state index < -0.39 is 11.7 Å². The lowest BCUT2D eigenvalue weighted by molar-refractivity contribution is -0.0200. The van der Waals surface area contributed by atoms with Gasteiger partial charge in [-0.3, -0.25) is 0 Å². The lowest BCUT2D eigenvalue weighted by Gasteiger charge is -2.36. The van der Waals surface area contributed by atoms with Crippen LogP contribution in [0.5, 0.6) is 5.75 Å². The molecule has 1 atom stereocenters. The van der Waals surface area contributed by atoms with Crippen LogP contribution in [0, 0.1) is 0 Å². The van der Waals surface area contributed by atoms with Gasteiger partial charge in [-0.25, -0.2) is 0 Å². The predicted octanol–water partition coefficient (Wildman–Crippen LogP) is 4.73. The highest BCUT2D eigenvalue weighted by Crippen LogP contribution is 2.25. The molecule has 1 aromatic heterocycles. The molecule has 3 aromatic rings. The highest BCUT2D eigenvalue weighted by Gasteiger charge is 2.28. The van der Waals surface area contributed by atoms with E-state index in [-0.39, 0.29) is 6.61 Å². The Kier molecular flexibility index (Phi) is 8.28. The summed E-state index contributed by atoms with van der Waals surface area (Å²) in [5, 5.41) is 21.2. The molecule has 0 radical (unpaired) electrons. The molecule has 0 spiro atoms. The van der Waals surface area contributed by atoms with Gasteiger partial charge in [0.15, 0.2) is 0 Å². The first kappa shape index (κ1) is 23.8. The Labute approximate surface area is 190 Å². The third-order valence-corrected chi connectivity index (χ3v) is 5.82. The second-order valence-electron chi connectivity index (χ2n) is 8.49. The van der Waals surface area contributed by atoms with E-state index in [2.05, 4.69) is 23.0 Å². The molecule has 2 aromatic carbocycles. The standard InChI is InChI=1S/C17H24N2O3.C10H10/c1-17(21)6-9-19(10-7-17)11-13(20)12-22-16-4-2-3-15-14(16)5-8-18-15;1-3-9-7-5-6-8-10(9)4-2/h2-5,8,13,18,20-21H,6-7,9-12H2,1H3;3-8H,1-2H2. The fourth-order valence-electron chi connectivity index (χ4n) is 3.82. The van der Waals surface area contributed by atoms with Crippen molar-refractivity contribution in [3.63, 3.8) is 0 Å². The minimum absolute atomic E-state index is 0.275. The van der Waals surface area contributed by atoms with Crippen molar-refractivity contribution in [1.82, 2.24) is 9.88 Å². The average Bonchev–Trinajstić information content (AvgIpc) is 3.29. The second-order valence-corrected chi connectivity index (χ2v) is 8.49. The van der Waals surface area contributed by atoms with Gasteiger partial charge in [-0.1, -0.05) is 55.6 Å². The number of H-pyrrole nitrogens is 1. The van der Waals surface area contributed by atoms with Crippen LogP contribution in [0.2, 0.25) is 0 Å². The number of aliphatic hydroxyl groups excluding tert-OH is 1. The molecule has 1 aliphatic rings. The van der Waals surface area contributed by atoms with Crippen molar-refractivity contribution >= 4 is 23.1 Å². The van der Waals surface area contributed by atoms with Crippen LogP contribution in [0.3, 0.4) is 0 Å². The van der Waals surface area contributed by atoms with Crippen LogP contribution in [0.25, 0.3) is 23.1 Å². The predicted molar refractivity (Wildman–Crippen MR) is 133 cm³/mol. The molecule has 3 N–H and O–H groups in total. The number of benzene rings is 2. The Hall–Kier alpha value is -2.86. The van der Waals surface area contributed by atoms with Crippen molar-refractivity contribution < 1.29 is 14.9 Å². The number of aromatic nitrogens is 1. The van der Waals surface area contributed by atoms with E-state index in [9.17, 15) is 10.2 Å². The minimum Gasteiger partial charge on any atom is -0.490 e. The topological polar surface area (TPSA) is 68.7 Å². The number of fused-ring (bicyclic) bond motifs is 1. The molecule has 5 heteroatoms. The quantitative estimate of drug-likeness (QED) is 0.503. The summed E-state index contributed by atoms with van der Waals surface area (Å²) in [6, 6.07) is 15.8. The maximum absolute atomic E-state index is 10.2. The van der Waals surface area contributed by atoms with Crippen molar-refractivity contribution in [3.05, 3.63) is 79.0 Å². The van der Waals surface area contributed by atoms with E-state index in [0.29, 0.717) is 6.54 Å². The molecule has 5 nitrogen and oxygen atoms in total. The zero-order chi connectivity index (χ0) is 23.0. The zero-order valence-corrected chi connectivity index (χ0v) is 18.8. The first-order chi connectivity index (χ1) is 15.4. The Balaban J connectivity index is 0.000000243. The molecule has 1 aliphatic heterocycles. The smallest absolute Gasteiger partial charge is 0.128 e. The molecule has 170 valence electrons. The molecule has 4 rings (SSSR count). The van der Waals surface area contributed by atoms with Crippen molar-refractivity contribution in [2.24, 2.45) is 0 Å². The highest BCUT2D eigenvalue weighted by atomic mass is 16.5. The van der Waals surface area contributed by atoms with Gasteiger partial charge in [0.2, 0.25) is 0 Å². The number of β-amino-alcohol motifs (C(OH)–C–C–N with tert-alkyl or cyclic N) is 1. The summed E-state index contributed by atoms with van der Waals surface area (Å²) in [6.07, 6.45) is 6.52. The number of ether oxygens (including phenoxy) is 1. The molecule has 0 aliphatic carbocycles. The van der Waals surface area contributed by atoms with Crippen LogP contribution in [-0.2, 0) is 0 Å². The Bertz CT molecular complexity index is 987. The van der Waals surface area contributed by atoms with E-state index in [4.69, 9.17) is 4.74 Å². The number of likely N-dealkylation sites (tertiary alicyclic amines) is 1. The van der Waals surface area contributed by atoms with Gasteiger partial charge in [0.05, 0.1) is 5.60 Å². The van der Waals surface area contributed by atoms with Crippen molar-refractivity contribution in [1.29, 1.82) is 0 Å². The van der Waals surface area contributed by atoms with Gasteiger partial charge >= 0.3 is 0 Å². The largest absolute Gasteiger partial charge is 0.490 e. The van der Waals surface area contributed by atoms with Crippen molar-refractivity contribution in [2.75, 3.05) is 26.2 Å². The highest BCUT2D eigenvalue weighted by molar-refractivity contribution is 5.85. The molecule has 1 fully saturated rings. The van der Waals surface area contributed by atoms with Crippen LogP contribution in [0.4, 0.5) is 0 Å². The fraction of sp³-hybridized carbons (Fsp3) is 0.333. The monoisotopic (exact) mass is 434 g/mol. The number of rotatable bonds is 7. The molecule has 32 heavy (non-hydrogen) atoms. The molecule has 0 amide bonds. The summed E-state index contributed by atoms with van der Waals surface area (Å²) in [6.45, 7) is 11.8. The number of hydrogen-bond acceptors (Lipinski definition) is 4. The third-order valence-electron chi connectivity index (χ3n) is 5.82. The molecule has 2 heterocycles. The summed E-state index contributed by atoms with van der Waals surface area (Å²) < 4.78 is 5.78. The first-order valence-corrected chi connectivity index (χ1v) is 11.1. The molecule has 0 saturated carbocycles. The van der Waals surface area contributed by atoms with Crippen LogP contribution in [0.1, 0.15) is 30.9 Å². The molecule has 0 bridgehead atoms. The number of nitrogens with one attached hydrogen (secondary N) is 1. The molecular formula is C27H34N2O3. The molecule has 1 unspecified atom stereocenters. The maximum atomic E-state index is 10.2. The van der Waals surface area contributed by atoms with Gasteiger partial charge in [0.25, 0.3) is 0 Å². The number of hydrogen-bond donors (Lipinski definition) is 3. The van der Waals surface area contributed by atoms with Crippen LogP contribution >= 0.6 is 0 Å². The Morgan fingerprint density at radius 1 is 1.06 bits per heavy atom. The fourth-order valence-corrected chi connectivity index (χ4v) is 3.82. The van der Waals surface area contributed by atoms with Crippen LogP contribution in [0.15, 0.2) is 67.9 Å². The zero-order valence-electron chi connectivity index (χ0n) is 18.8. The third kappa shape index (κ3) is 6.57. The summed E-state index contributed by atoms with van der Waals surface area (Å²) in [5.41, 5.74) is 2.75. The van der Waals surface area contributed by atoms with Gasteiger partial charge in [-0.05, 0) is 49.1 Å². The number of piperidine rings is 1. The lowest BCUT2D eigenvalue weighted by Crippen LogP contribution is -2.45. The van der Waals surface area contributed by atoms with E-state index in [1.165, 1.54) is 0 Å². The Morgan fingerprint density at radius 2 is 1.72 bits per heavy atom.